The lowest BCUT2D eigenvalue weighted by Crippen LogP contribution is -2.17. The van der Waals surface area contributed by atoms with Crippen molar-refractivity contribution in [2.24, 2.45) is 0 Å². The van der Waals surface area contributed by atoms with Gasteiger partial charge in [0.15, 0.2) is 0 Å². The molecule has 2 rings (SSSR count). The van der Waals surface area contributed by atoms with Crippen molar-refractivity contribution in [1.29, 1.82) is 0 Å². The molecular weight excluding hydrogens is 324 g/mol. The maximum Gasteiger partial charge on any atom is 0.328 e. The van der Waals surface area contributed by atoms with Gasteiger partial charge in [0, 0.05) is 42.6 Å². The molecule has 7 nitrogen and oxygen atoms in total. The number of aliphatic hydroxyl groups is 1. The summed E-state index contributed by atoms with van der Waals surface area (Å²) < 4.78 is 0. The van der Waals surface area contributed by atoms with Crippen molar-refractivity contribution in [2.75, 3.05) is 13.6 Å². The highest BCUT2D eigenvalue weighted by Gasteiger charge is 2.23. The van der Waals surface area contributed by atoms with Crippen molar-refractivity contribution in [2.45, 2.75) is 31.4 Å². The summed E-state index contributed by atoms with van der Waals surface area (Å²) in [6.45, 7) is 1.13. The molecule has 0 saturated carbocycles. The first-order chi connectivity index (χ1) is 11.8. The number of likely N-dealkylation sites (tertiary alicyclic amines) is 1. The summed E-state index contributed by atoms with van der Waals surface area (Å²) in [7, 11) is 2.13. The lowest BCUT2D eigenvalue weighted by molar-refractivity contribution is -0.134. The minimum atomic E-state index is -1.26. The van der Waals surface area contributed by atoms with E-state index < -0.39 is 18.0 Å². The molecule has 1 fully saturated rings. The molecule has 25 heavy (non-hydrogen) atoms. The zero-order chi connectivity index (χ0) is 18.8. The van der Waals surface area contributed by atoms with Crippen molar-refractivity contribution >= 4 is 11.9 Å². The zero-order valence-corrected chi connectivity index (χ0v) is 14.0. The maximum absolute atomic E-state index is 9.86. The Kier molecular flexibility index (Phi) is 8.33. The van der Waals surface area contributed by atoms with Gasteiger partial charge in [-0.15, -0.1) is 12.3 Å². The molecule has 7 heteroatoms. The SMILES string of the molecule is C#CCC(O)c1cncc(C2CCCN2C)c1.O=C(O)C=CC(=O)O. The number of carboxylic acid groups (broad SMARTS) is 2. The normalized spacial score (nSPS) is 18.2. The average Bonchev–Trinajstić information content (AvgIpc) is 3.00. The van der Waals surface area contributed by atoms with Gasteiger partial charge >= 0.3 is 11.9 Å². The number of hydrogen-bond acceptors (Lipinski definition) is 5. The molecule has 1 aliphatic rings. The summed E-state index contributed by atoms with van der Waals surface area (Å²) in [5.41, 5.74) is 2.00. The Labute approximate surface area is 146 Å². The van der Waals surface area contributed by atoms with Crippen LogP contribution in [0.3, 0.4) is 0 Å². The number of rotatable bonds is 5. The fourth-order valence-electron chi connectivity index (χ4n) is 2.54. The van der Waals surface area contributed by atoms with Crippen LogP contribution in [0.5, 0.6) is 0 Å². The molecule has 0 aromatic carbocycles. The van der Waals surface area contributed by atoms with Crippen LogP contribution in [0, 0.1) is 12.3 Å². The van der Waals surface area contributed by atoms with Crippen LogP contribution in [0.25, 0.3) is 0 Å². The molecule has 1 saturated heterocycles. The highest BCUT2D eigenvalue weighted by molar-refractivity contribution is 5.89. The van der Waals surface area contributed by atoms with Crippen LogP contribution in [0.15, 0.2) is 30.6 Å². The number of terminal acetylenes is 1. The molecule has 1 aliphatic heterocycles. The van der Waals surface area contributed by atoms with Gasteiger partial charge in [-0.05, 0) is 38.1 Å². The minimum Gasteiger partial charge on any atom is -0.478 e. The van der Waals surface area contributed by atoms with Crippen LogP contribution in [-0.4, -0.2) is 50.7 Å². The van der Waals surface area contributed by atoms with Crippen LogP contribution < -0.4 is 0 Å². The third kappa shape index (κ3) is 7.16. The molecule has 0 aliphatic carbocycles. The molecule has 0 radical (unpaired) electrons. The second-order valence-corrected chi connectivity index (χ2v) is 5.62. The van der Waals surface area contributed by atoms with Gasteiger partial charge in [0.25, 0.3) is 0 Å². The average molecular weight is 346 g/mol. The van der Waals surface area contributed by atoms with Crippen LogP contribution >= 0.6 is 0 Å². The molecule has 2 atom stereocenters. The van der Waals surface area contributed by atoms with Crippen LogP contribution in [0.1, 0.15) is 42.5 Å². The fourth-order valence-corrected chi connectivity index (χ4v) is 2.54. The predicted molar refractivity (Wildman–Crippen MR) is 91.7 cm³/mol. The summed E-state index contributed by atoms with van der Waals surface area (Å²) in [4.78, 5) is 25.6. The summed E-state index contributed by atoms with van der Waals surface area (Å²) in [6, 6.07) is 2.46. The number of aliphatic carboxylic acids is 2. The third-order valence-corrected chi connectivity index (χ3v) is 3.75. The standard InChI is InChI=1S/C14H18N2O.C4H4O4/c1-3-5-14(17)12-8-11(9-15-10-12)13-6-4-7-16(13)2;5-3(6)1-2-4(7)8/h1,8-10,13-14,17H,4-7H2,2H3;1-2H,(H,5,6)(H,7,8). The molecule has 2 heterocycles. The van der Waals surface area contributed by atoms with E-state index in [1.54, 1.807) is 6.20 Å². The number of carbonyl (C=O) groups is 2. The summed E-state index contributed by atoms with van der Waals surface area (Å²) >= 11 is 0. The smallest absolute Gasteiger partial charge is 0.328 e. The highest BCUT2D eigenvalue weighted by atomic mass is 16.4. The van der Waals surface area contributed by atoms with Crippen LogP contribution in [0.2, 0.25) is 0 Å². The fraction of sp³-hybridized carbons (Fsp3) is 0.389. The first-order valence-corrected chi connectivity index (χ1v) is 7.75. The van der Waals surface area contributed by atoms with Crippen molar-refractivity contribution in [3.8, 4) is 12.3 Å². The number of hydrogen-bond donors (Lipinski definition) is 3. The van der Waals surface area contributed by atoms with Crippen LogP contribution in [0.4, 0.5) is 0 Å². The van der Waals surface area contributed by atoms with E-state index >= 15 is 0 Å². The van der Waals surface area contributed by atoms with Crippen molar-refractivity contribution in [1.82, 2.24) is 9.88 Å². The Bertz CT molecular complexity index is 650. The van der Waals surface area contributed by atoms with Crippen molar-refractivity contribution in [3.05, 3.63) is 41.7 Å². The number of aromatic nitrogens is 1. The van der Waals surface area contributed by atoms with E-state index in [-0.39, 0.29) is 0 Å². The largest absolute Gasteiger partial charge is 0.478 e. The van der Waals surface area contributed by atoms with E-state index in [0.29, 0.717) is 24.6 Å². The molecule has 1 aromatic heterocycles. The second kappa shape index (κ2) is 10.2. The Morgan fingerprint density at radius 3 is 2.52 bits per heavy atom. The van der Waals surface area contributed by atoms with E-state index in [0.717, 1.165) is 18.5 Å². The molecule has 0 amide bonds. The quantitative estimate of drug-likeness (QED) is 0.549. The first-order valence-electron chi connectivity index (χ1n) is 7.75. The summed E-state index contributed by atoms with van der Waals surface area (Å²) in [5, 5.41) is 25.5. The van der Waals surface area contributed by atoms with Crippen molar-refractivity contribution in [3.63, 3.8) is 0 Å². The Hall–Kier alpha value is -2.69. The molecule has 3 N–H and O–H groups in total. The van der Waals surface area contributed by atoms with Gasteiger partial charge in [-0.1, -0.05) is 0 Å². The number of aliphatic hydroxyl groups excluding tert-OH is 1. The molecule has 134 valence electrons. The Morgan fingerprint density at radius 2 is 2.04 bits per heavy atom. The maximum atomic E-state index is 9.86. The van der Waals surface area contributed by atoms with E-state index in [4.69, 9.17) is 16.6 Å². The van der Waals surface area contributed by atoms with Gasteiger partial charge in [0.05, 0.1) is 6.10 Å². The molecule has 2 unspecified atom stereocenters. The predicted octanol–water partition coefficient (Wildman–Crippen LogP) is 1.62. The molecule has 0 bridgehead atoms. The number of pyridine rings is 1. The van der Waals surface area contributed by atoms with Gasteiger partial charge in [-0.3, -0.25) is 9.88 Å². The Morgan fingerprint density at radius 1 is 1.40 bits per heavy atom. The topological polar surface area (TPSA) is 111 Å². The van der Waals surface area contributed by atoms with Gasteiger partial charge in [-0.2, -0.15) is 0 Å². The molecule has 0 spiro atoms. The van der Waals surface area contributed by atoms with E-state index in [1.807, 2.05) is 12.3 Å². The van der Waals surface area contributed by atoms with Gasteiger partial charge < -0.3 is 15.3 Å². The minimum absolute atomic E-state index is 0.339. The van der Waals surface area contributed by atoms with Gasteiger partial charge in [0.1, 0.15) is 0 Å². The third-order valence-electron chi connectivity index (χ3n) is 3.75. The summed E-state index contributed by atoms with van der Waals surface area (Å²) in [6.07, 6.45) is 12.0. The number of carboxylic acids is 2. The van der Waals surface area contributed by atoms with Crippen LogP contribution in [-0.2, 0) is 9.59 Å². The highest BCUT2D eigenvalue weighted by Crippen LogP contribution is 2.31. The lowest BCUT2D eigenvalue weighted by atomic mass is 10.0. The molecule has 1 aromatic rings. The first kappa shape index (κ1) is 20.4. The lowest BCUT2D eigenvalue weighted by Gasteiger charge is -2.20. The van der Waals surface area contributed by atoms with Gasteiger partial charge in [-0.25, -0.2) is 9.59 Å². The molecular formula is C18H22N2O5. The van der Waals surface area contributed by atoms with Crippen molar-refractivity contribution < 1.29 is 24.9 Å². The Balaban J connectivity index is 0.000000333. The second-order valence-electron chi connectivity index (χ2n) is 5.62. The number of nitrogens with zero attached hydrogens (tertiary/aromatic N) is 2. The van der Waals surface area contributed by atoms with E-state index in [2.05, 4.69) is 22.9 Å². The van der Waals surface area contributed by atoms with Gasteiger partial charge in [0.2, 0.25) is 0 Å². The monoisotopic (exact) mass is 346 g/mol. The van der Waals surface area contributed by atoms with E-state index in [1.165, 1.54) is 12.0 Å². The zero-order valence-electron chi connectivity index (χ0n) is 14.0. The van der Waals surface area contributed by atoms with E-state index in [9.17, 15) is 14.7 Å². The summed E-state index contributed by atoms with van der Waals surface area (Å²) in [5.74, 6) is -0.0385.